The molecule has 0 N–H and O–H groups in total. The molecule has 0 heterocycles. The highest BCUT2D eigenvalue weighted by molar-refractivity contribution is 6.34. The van der Waals surface area contributed by atoms with Gasteiger partial charge in [0.25, 0.3) is 0 Å². The van der Waals surface area contributed by atoms with Crippen molar-refractivity contribution < 1.29 is 9.53 Å². The Balaban J connectivity index is 2.44. The van der Waals surface area contributed by atoms with E-state index in [0.29, 0.717) is 0 Å². The molecule has 0 aromatic heterocycles. The summed E-state index contributed by atoms with van der Waals surface area (Å²) in [6.45, 7) is 0. The summed E-state index contributed by atoms with van der Waals surface area (Å²) in [6, 6.07) is 5.51. The highest BCUT2D eigenvalue weighted by atomic mass is 35.5. The van der Waals surface area contributed by atoms with E-state index in [9.17, 15) is 4.79 Å². The number of hydrogen-bond acceptors (Lipinski definition) is 2. The summed E-state index contributed by atoms with van der Waals surface area (Å²) < 4.78 is 5.10. The highest BCUT2D eigenvalue weighted by Crippen LogP contribution is 2.27. The fourth-order valence-corrected chi connectivity index (χ4v) is 1.95. The van der Waals surface area contributed by atoms with Gasteiger partial charge in [0.2, 0.25) is 0 Å². The number of Topliss-reactive ketones (excluding diaryl/α,β-unsaturated/α-hetero) is 1. The fraction of sp³-hybridized carbons (Fsp3) is 0.364. The maximum absolute atomic E-state index is 11.6. The molecule has 0 saturated carbocycles. The Morgan fingerprint density at radius 2 is 2.29 bits per heavy atom. The van der Waals surface area contributed by atoms with Crippen LogP contribution in [0.25, 0.3) is 0 Å². The largest absolute Gasteiger partial charge is 0.497 e. The van der Waals surface area contributed by atoms with Gasteiger partial charge in [-0.2, -0.15) is 0 Å². The summed E-state index contributed by atoms with van der Waals surface area (Å²) in [7, 11) is 1.62. The number of ketones is 1. The van der Waals surface area contributed by atoms with Gasteiger partial charge in [-0.15, -0.1) is 11.6 Å². The molecule has 0 fully saturated rings. The predicted molar refractivity (Wildman–Crippen MR) is 55.3 cm³/mol. The zero-order chi connectivity index (χ0) is 10.1. The molecule has 0 radical (unpaired) electrons. The molecule has 1 aromatic carbocycles. The lowest BCUT2D eigenvalue weighted by Crippen LogP contribution is -2.22. The average molecular weight is 211 g/mol. The normalized spacial score (nSPS) is 20.4. The first-order valence-electron chi connectivity index (χ1n) is 4.57. The van der Waals surface area contributed by atoms with Crippen LogP contribution in [0, 0.1) is 0 Å². The van der Waals surface area contributed by atoms with Gasteiger partial charge in [0.05, 0.1) is 12.5 Å². The molecule has 0 bridgehead atoms. The first-order chi connectivity index (χ1) is 6.72. The summed E-state index contributed by atoms with van der Waals surface area (Å²) in [6.07, 6.45) is 1.58. The van der Waals surface area contributed by atoms with Crippen molar-refractivity contribution in [1.29, 1.82) is 0 Å². The Kier molecular flexibility index (Phi) is 2.46. The Labute approximate surface area is 87.8 Å². The third kappa shape index (κ3) is 1.50. The van der Waals surface area contributed by atoms with Crippen molar-refractivity contribution in [1.82, 2.24) is 0 Å². The molecule has 0 spiro atoms. The Hall–Kier alpha value is -1.02. The van der Waals surface area contributed by atoms with E-state index in [1.54, 1.807) is 19.2 Å². The van der Waals surface area contributed by atoms with E-state index in [1.807, 2.05) is 6.07 Å². The van der Waals surface area contributed by atoms with Gasteiger partial charge in [0.15, 0.2) is 5.78 Å². The van der Waals surface area contributed by atoms with Crippen molar-refractivity contribution >= 4 is 17.4 Å². The lowest BCUT2D eigenvalue weighted by atomic mass is 9.90. The van der Waals surface area contributed by atoms with Gasteiger partial charge in [0, 0.05) is 5.56 Å². The summed E-state index contributed by atoms with van der Waals surface area (Å²) in [5.41, 5.74) is 1.79. The maximum Gasteiger partial charge on any atom is 0.180 e. The van der Waals surface area contributed by atoms with E-state index in [-0.39, 0.29) is 11.2 Å². The first-order valence-corrected chi connectivity index (χ1v) is 5.01. The smallest absolute Gasteiger partial charge is 0.180 e. The van der Waals surface area contributed by atoms with Crippen molar-refractivity contribution in [3.8, 4) is 5.75 Å². The molecule has 0 aliphatic heterocycles. The van der Waals surface area contributed by atoms with E-state index in [4.69, 9.17) is 16.3 Å². The molecule has 2 rings (SSSR count). The Morgan fingerprint density at radius 3 is 3.00 bits per heavy atom. The minimum Gasteiger partial charge on any atom is -0.497 e. The molecule has 14 heavy (non-hydrogen) atoms. The zero-order valence-corrected chi connectivity index (χ0v) is 8.67. The zero-order valence-electron chi connectivity index (χ0n) is 7.92. The van der Waals surface area contributed by atoms with Gasteiger partial charge >= 0.3 is 0 Å². The number of hydrogen-bond donors (Lipinski definition) is 0. The average Bonchev–Trinajstić information content (AvgIpc) is 2.23. The van der Waals surface area contributed by atoms with Crippen LogP contribution in [0.1, 0.15) is 22.3 Å². The van der Waals surface area contributed by atoms with Crippen molar-refractivity contribution in [2.75, 3.05) is 7.11 Å². The topological polar surface area (TPSA) is 26.3 Å². The number of benzene rings is 1. The van der Waals surface area contributed by atoms with Crippen LogP contribution in [0.4, 0.5) is 0 Å². The molecule has 0 saturated heterocycles. The number of halogens is 1. The third-order valence-corrected chi connectivity index (χ3v) is 2.95. The minimum atomic E-state index is -0.351. The summed E-state index contributed by atoms with van der Waals surface area (Å²) >= 11 is 5.89. The molecule has 1 unspecified atom stereocenters. The van der Waals surface area contributed by atoms with E-state index < -0.39 is 0 Å². The van der Waals surface area contributed by atoms with E-state index in [1.165, 1.54) is 0 Å². The van der Waals surface area contributed by atoms with Crippen LogP contribution in [0.3, 0.4) is 0 Å². The minimum absolute atomic E-state index is 0.0376. The molecular formula is C11H11ClO2. The molecule has 3 heteroatoms. The number of alkyl halides is 1. The van der Waals surface area contributed by atoms with Crippen LogP contribution in [-0.2, 0) is 6.42 Å². The standard InChI is InChI=1S/C11H11ClO2/c1-14-8-3-4-9-7(6-8)2-5-10(12)11(9)13/h3-4,6,10H,2,5H2,1H3. The van der Waals surface area contributed by atoms with Gasteiger partial charge in [-0.25, -0.2) is 0 Å². The number of methoxy groups -OCH3 is 1. The molecule has 1 atom stereocenters. The molecule has 1 aliphatic carbocycles. The number of fused-ring (bicyclic) bond motifs is 1. The third-order valence-electron chi connectivity index (χ3n) is 2.53. The van der Waals surface area contributed by atoms with Crippen LogP contribution >= 0.6 is 11.6 Å². The van der Waals surface area contributed by atoms with Crippen LogP contribution < -0.4 is 4.74 Å². The Bertz CT molecular complexity index is 374. The lowest BCUT2D eigenvalue weighted by molar-refractivity contribution is 0.0976. The number of rotatable bonds is 1. The maximum atomic E-state index is 11.6. The second-order valence-corrected chi connectivity index (χ2v) is 3.92. The summed E-state index contributed by atoms with van der Waals surface area (Å²) in [5, 5.41) is -0.351. The quantitative estimate of drug-likeness (QED) is 0.666. The first kappa shape index (κ1) is 9.53. The molecule has 1 aliphatic rings. The SMILES string of the molecule is COc1ccc2c(c1)CCC(Cl)C2=O. The van der Waals surface area contributed by atoms with Gasteiger partial charge in [-0.3, -0.25) is 4.79 Å². The number of aryl methyl sites for hydroxylation is 1. The molecule has 2 nitrogen and oxygen atoms in total. The number of carbonyl (C=O) groups excluding carboxylic acids is 1. The van der Waals surface area contributed by atoms with Crippen LogP contribution in [0.15, 0.2) is 18.2 Å². The molecule has 1 aromatic rings. The van der Waals surface area contributed by atoms with Crippen LogP contribution in [0.2, 0.25) is 0 Å². The van der Waals surface area contributed by atoms with Gasteiger partial charge in [-0.05, 0) is 36.6 Å². The molecule has 0 amide bonds. The van der Waals surface area contributed by atoms with Crippen LogP contribution in [0.5, 0.6) is 5.75 Å². The van der Waals surface area contributed by atoms with Crippen molar-refractivity contribution in [2.24, 2.45) is 0 Å². The number of ether oxygens (including phenoxy) is 1. The second-order valence-electron chi connectivity index (χ2n) is 3.39. The van der Waals surface area contributed by atoms with E-state index >= 15 is 0 Å². The number of carbonyl (C=O) groups is 1. The highest BCUT2D eigenvalue weighted by Gasteiger charge is 2.25. The van der Waals surface area contributed by atoms with Crippen molar-refractivity contribution in [2.45, 2.75) is 18.2 Å². The lowest BCUT2D eigenvalue weighted by Gasteiger charge is -2.19. The Morgan fingerprint density at radius 1 is 1.50 bits per heavy atom. The summed E-state index contributed by atoms with van der Waals surface area (Å²) in [4.78, 5) is 11.6. The van der Waals surface area contributed by atoms with E-state index in [2.05, 4.69) is 0 Å². The second kappa shape index (κ2) is 3.62. The summed E-state index contributed by atoms with van der Waals surface area (Å²) in [5.74, 6) is 0.833. The van der Waals surface area contributed by atoms with Crippen LogP contribution in [-0.4, -0.2) is 18.3 Å². The predicted octanol–water partition coefficient (Wildman–Crippen LogP) is 2.43. The van der Waals surface area contributed by atoms with Crippen molar-refractivity contribution in [3.05, 3.63) is 29.3 Å². The fourth-order valence-electron chi connectivity index (χ4n) is 1.73. The van der Waals surface area contributed by atoms with Crippen molar-refractivity contribution in [3.63, 3.8) is 0 Å². The van der Waals surface area contributed by atoms with Gasteiger partial charge in [-0.1, -0.05) is 0 Å². The van der Waals surface area contributed by atoms with Gasteiger partial charge in [0.1, 0.15) is 5.75 Å². The van der Waals surface area contributed by atoms with E-state index in [0.717, 1.165) is 29.7 Å². The monoisotopic (exact) mass is 210 g/mol. The molecular weight excluding hydrogens is 200 g/mol. The van der Waals surface area contributed by atoms with Gasteiger partial charge < -0.3 is 4.74 Å². The molecule has 74 valence electrons.